The topological polar surface area (TPSA) is 145 Å². The van der Waals surface area contributed by atoms with Gasteiger partial charge in [0.2, 0.25) is 0 Å². The number of aliphatic hydroxyl groups is 1. The number of carbonyl (C=O) groups is 3. The predicted octanol–water partition coefficient (Wildman–Crippen LogP) is 0.752. The van der Waals surface area contributed by atoms with Crippen LogP contribution in [-0.2, 0) is 19.1 Å². The van der Waals surface area contributed by atoms with Crippen LogP contribution in [0.1, 0.15) is 39.5 Å². The van der Waals surface area contributed by atoms with Crippen LogP contribution >= 0.6 is 0 Å². The Kier molecular flexibility index (Phi) is 13.9. The minimum absolute atomic E-state index is 0.720. The van der Waals surface area contributed by atoms with E-state index in [1.807, 2.05) is 0 Å². The fourth-order valence-electron chi connectivity index (χ4n) is 1.82. The first-order valence-corrected chi connectivity index (χ1v) is 8.06. The fourth-order valence-corrected chi connectivity index (χ4v) is 1.82. The second-order valence-electron chi connectivity index (χ2n) is 6.25. The predicted molar refractivity (Wildman–Crippen MR) is 90.5 cm³/mol. The third-order valence-corrected chi connectivity index (χ3v) is 3.15. The van der Waals surface area contributed by atoms with E-state index < -0.39 is 36.4 Å². The molecule has 0 spiro atoms. The third kappa shape index (κ3) is 15.6. The van der Waals surface area contributed by atoms with Crippen molar-refractivity contribution >= 4 is 17.9 Å². The van der Waals surface area contributed by atoms with Crippen molar-refractivity contribution < 1.29 is 39.5 Å². The number of nitrogens with zero attached hydrogens (tertiary/aromatic N) is 1. The monoisotopic (exact) mass is 365 g/mol. The van der Waals surface area contributed by atoms with Gasteiger partial charge in [0, 0.05) is 13.2 Å². The zero-order valence-electron chi connectivity index (χ0n) is 15.4. The normalized spacial score (nSPS) is 12.2. The molecule has 148 valence electrons. The maximum atomic E-state index is 10.3. The summed E-state index contributed by atoms with van der Waals surface area (Å²) in [5, 5.41) is 33.8. The molecule has 0 aromatic heterocycles. The van der Waals surface area contributed by atoms with Crippen molar-refractivity contribution in [1.29, 1.82) is 0 Å². The number of carboxylic acids is 3. The second-order valence-corrected chi connectivity index (χ2v) is 6.25. The van der Waals surface area contributed by atoms with Crippen LogP contribution in [0.25, 0.3) is 0 Å². The largest absolute Gasteiger partial charge is 0.481 e. The van der Waals surface area contributed by atoms with Gasteiger partial charge in [-0.15, -0.1) is 0 Å². The van der Waals surface area contributed by atoms with Crippen molar-refractivity contribution in [3.8, 4) is 0 Å². The quantitative estimate of drug-likeness (QED) is 0.368. The summed E-state index contributed by atoms with van der Waals surface area (Å²) in [6.45, 7) is 7.27. The van der Waals surface area contributed by atoms with E-state index in [2.05, 4.69) is 32.8 Å². The first-order chi connectivity index (χ1) is 11.4. The summed E-state index contributed by atoms with van der Waals surface area (Å²) in [5.41, 5.74) is -2.74. The smallest absolute Gasteiger partial charge is 0.336 e. The van der Waals surface area contributed by atoms with Crippen LogP contribution in [0.5, 0.6) is 0 Å². The van der Waals surface area contributed by atoms with Crippen molar-refractivity contribution in [3.05, 3.63) is 0 Å². The summed E-state index contributed by atoms with van der Waals surface area (Å²) in [6, 6.07) is 0. The van der Waals surface area contributed by atoms with E-state index in [4.69, 9.17) is 25.2 Å². The van der Waals surface area contributed by atoms with Crippen LogP contribution in [0.15, 0.2) is 0 Å². The van der Waals surface area contributed by atoms with E-state index in [1.54, 1.807) is 0 Å². The summed E-state index contributed by atoms with van der Waals surface area (Å²) in [4.78, 5) is 32.6. The number of aliphatic carboxylic acids is 3. The average molecular weight is 365 g/mol. The van der Waals surface area contributed by atoms with E-state index >= 15 is 0 Å². The number of ether oxygens (including phenoxy) is 1. The molecule has 25 heavy (non-hydrogen) atoms. The Morgan fingerprint density at radius 1 is 1.08 bits per heavy atom. The van der Waals surface area contributed by atoms with Crippen molar-refractivity contribution in [3.63, 3.8) is 0 Å². The molecule has 0 saturated carbocycles. The summed E-state index contributed by atoms with van der Waals surface area (Å²) in [7, 11) is 4.14. The van der Waals surface area contributed by atoms with Gasteiger partial charge in [0.1, 0.15) is 0 Å². The SMILES string of the molecule is CCCC(C)COCCN(C)C.O=C(O)CC(O)(CC(=O)O)C(=O)O. The lowest BCUT2D eigenvalue weighted by Gasteiger charge is -2.18. The Morgan fingerprint density at radius 3 is 1.88 bits per heavy atom. The highest BCUT2D eigenvalue weighted by molar-refractivity contribution is 5.88. The molecule has 9 nitrogen and oxygen atoms in total. The van der Waals surface area contributed by atoms with Crippen molar-refractivity contribution in [2.75, 3.05) is 33.9 Å². The lowest BCUT2D eigenvalue weighted by molar-refractivity contribution is -0.170. The minimum atomic E-state index is -2.74. The molecular formula is C16H31NO8. The first-order valence-electron chi connectivity index (χ1n) is 8.06. The van der Waals surface area contributed by atoms with Crippen molar-refractivity contribution in [2.24, 2.45) is 5.92 Å². The second kappa shape index (κ2) is 13.6. The van der Waals surface area contributed by atoms with Gasteiger partial charge in [-0.3, -0.25) is 9.59 Å². The third-order valence-electron chi connectivity index (χ3n) is 3.15. The van der Waals surface area contributed by atoms with Crippen LogP contribution in [-0.4, -0.2) is 82.7 Å². The van der Waals surface area contributed by atoms with Gasteiger partial charge in [-0.25, -0.2) is 4.79 Å². The molecule has 0 aliphatic rings. The molecular weight excluding hydrogens is 334 g/mol. The van der Waals surface area contributed by atoms with E-state index in [0.717, 1.165) is 25.7 Å². The molecule has 0 bridgehead atoms. The molecule has 1 atom stereocenters. The maximum absolute atomic E-state index is 10.3. The van der Waals surface area contributed by atoms with Gasteiger partial charge in [-0.1, -0.05) is 20.3 Å². The van der Waals surface area contributed by atoms with Crippen molar-refractivity contribution in [1.82, 2.24) is 4.90 Å². The van der Waals surface area contributed by atoms with Gasteiger partial charge >= 0.3 is 17.9 Å². The zero-order valence-corrected chi connectivity index (χ0v) is 15.4. The summed E-state index contributed by atoms with van der Waals surface area (Å²) in [6.07, 6.45) is 0.253. The lowest BCUT2D eigenvalue weighted by Crippen LogP contribution is -2.42. The molecule has 1 unspecified atom stereocenters. The molecule has 0 aliphatic heterocycles. The Morgan fingerprint density at radius 2 is 1.56 bits per heavy atom. The van der Waals surface area contributed by atoms with Gasteiger partial charge in [0.15, 0.2) is 5.60 Å². The number of carboxylic acid groups (broad SMARTS) is 3. The highest BCUT2D eigenvalue weighted by Gasteiger charge is 2.40. The summed E-state index contributed by atoms with van der Waals surface area (Å²) < 4.78 is 5.52. The number of likely N-dealkylation sites (N-methyl/N-ethyl adjacent to an activating group) is 1. The fraction of sp³-hybridized carbons (Fsp3) is 0.812. The maximum Gasteiger partial charge on any atom is 0.336 e. The van der Waals surface area contributed by atoms with E-state index in [9.17, 15) is 14.4 Å². The van der Waals surface area contributed by atoms with Gasteiger partial charge < -0.3 is 30.1 Å². The van der Waals surface area contributed by atoms with Gasteiger partial charge in [-0.05, 0) is 26.4 Å². The highest BCUT2D eigenvalue weighted by atomic mass is 16.5. The van der Waals surface area contributed by atoms with Gasteiger partial charge in [0.05, 0.1) is 19.4 Å². The van der Waals surface area contributed by atoms with Gasteiger partial charge in [-0.2, -0.15) is 0 Å². The molecule has 0 amide bonds. The van der Waals surface area contributed by atoms with Crippen LogP contribution < -0.4 is 0 Å². The molecule has 0 aliphatic carbocycles. The van der Waals surface area contributed by atoms with Crippen LogP contribution in [0.2, 0.25) is 0 Å². The Labute approximate surface area is 148 Å². The Balaban J connectivity index is 0. The van der Waals surface area contributed by atoms with E-state index in [-0.39, 0.29) is 0 Å². The zero-order chi connectivity index (χ0) is 20.0. The number of hydrogen-bond donors (Lipinski definition) is 4. The number of hydrogen-bond acceptors (Lipinski definition) is 6. The molecule has 0 aromatic rings. The molecule has 0 aromatic carbocycles. The first kappa shape index (κ1) is 25.5. The Bertz CT molecular complexity index is 395. The molecule has 4 N–H and O–H groups in total. The average Bonchev–Trinajstić information content (AvgIpc) is 2.42. The van der Waals surface area contributed by atoms with E-state index in [1.165, 1.54) is 12.8 Å². The van der Waals surface area contributed by atoms with Crippen LogP contribution in [0, 0.1) is 5.92 Å². The standard InChI is InChI=1S/C10H23NO.C6H8O7/c1-5-6-10(2)9-12-8-7-11(3)4;7-3(8)1-6(13,5(11)12)2-4(9)10/h10H,5-9H2,1-4H3;13H,1-2H2,(H,7,8)(H,9,10)(H,11,12). The van der Waals surface area contributed by atoms with Crippen LogP contribution in [0.4, 0.5) is 0 Å². The Hall–Kier alpha value is -1.71. The van der Waals surface area contributed by atoms with E-state index in [0.29, 0.717) is 0 Å². The van der Waals surface area contributed by atoms with Gasteiger partial charge in [0.25, 0.3) is 0 Å². The molecule has 0 radical (unpaired) electrons. The van der Waals surface area contributed by atoms with Crippen LogP contribution in [0.3, 0.4) is 0 Å². The molecule has 0 rings (SSSR count). The lowest BCUT2D eigenvalue weighted by atomic mass is 9.96. The molecule has 0 heterocycles. The summed E-state index contributed by atoms with van der Waals surface area (Å²) in [5.74, 6) is -4.30. The summed E-state index contributed by atoms with van der Waals surface area (Å²) >= 11 is 0. The minimum Gasteiger partial charge on any atom is -0.481 e. The molecule has 9 heteroatoms. The number of rotatable bonds is 12. The molecule has 0 saturated heterocycles. The van der Waals surface area contributed by atoms with Crippen molar-refractivity contribution in [2.45, 2.75) is 45.1 Å². The highest BCUT2D eigenvalue weighted by Crippen LogP contribution is 2.15. The molecule has 0 fully saturated rings.